The molecule has 3 N–H and O–H groups in total. The van der Waals surface area contributed by atoms with Crippen LogP contribution in [-0.4, -0.2) is 34.5 Å². The van der Waals surface area contributed by atoms with Crippen molar-refractivity contribution in [3.05, 3.63) is 65.7 Å². The first-order chi connectivity index (χ1) is 13.4. The molecule has 0 atom stereocenters. The number of rotatable bonds is 8. The molecule has 0 radical (unpaired) electrons. The van der Waals surface area contributed by atoms with Crippen LogP contribution < -0.4 is 15.8 Å². The lowest BCUT2D eigenvalue weighted by Gasteiger charge is -2.25. The molecule has 0 aromatic heterocycles. The van der Waals surface area contributed by atoms with E-state index in [1.165, 1.54) is 0 Å². The molecule has 0 aliphatic rings. The third-order valence-corrected chi connectivity index (χ3v) is 4.21. The predicted molar refractivity (Wildman–Crippen MR) is 113 cm³/mol. The third kappa shape index (κ3) is 6.66. The number of benzene rings is 2. The van der Waals surface area contributed by atoms with E-state index in [1.807, 2.05) is 44.2 Å². The van der Waals surface area contributed by atoms with Gasteiger partial charge in [0.15, 0.2) is 5.11 Å². The zero-order chi connectivity index (χ0) is 20.5. The van der Waals surface area contributed by atoms with Gasteiger partial charge < -0.3 is 15.4 Å². The monoisotopic (exact) mass is 399 g/mol. The molecule has 7 heteroatoms. The minimum Gasteiger partial charge on any atom is -0.490 e. The molecule has 0 spiro atoms. The summed E-state index contributed by atoms with van der Waals surface area (Å²) in [6.07, 6.45) is 0.0710. The summed E-state index contributed by atoms with van der Waals surface area (Å²) >= 11 is 5.43. The number of amides is 2. The fourth-order valence-electron chi connectivity index (χ4n) is 2.56. The summed E-state index contributed by atoms with van der Waals surface area (Å²) < 4.78 is 5.70. The van der Waals surface area contributed by atoms with Gasteiger partial charge in [0, 0.05) is 19.5 Å². The van der Waals surface area contributed by atoms with Crippen molar-refractivity contribution in [2.24, 2.45) is 5.73 Å². The van der Waals surface area contributed by atoms with Crippen molar-refractivity contribution >= 4 is 29.1 Å². The topological polar surface area (TPSA) is 84.7 Å². The van der Waals surface area contributed by atoms with Crippen LogP contribution in [0.3, 0.4) is 0 Å². The SMILES string of the molecule is CC(C)Oc1ccccc1C(=O)NC(=S)N(CCC(N)=O)Cc1ccccc1. The summed E-state index contributed by atoms with van der Waals surface area (Å²) in [5, 5.41) is 2.97. The Balaban J connectivity index is 2.13. The molecule has 6 nitrogen and oxygen atoms in total. The number of nitrogens with zero attached hydrogens (tertiary/aromatic N) is 1. The largest absolute Gasteiger partial charge is 0.490 e. The van der Waals surface area contributed by atoms with Crippen molar-refractivity contribution in [3.63, 3.8) is 0 Å². The number of para-hydroxylation sites is 1. The number of carbonyl (C=O) groups excluding carboxylic acids is 2. The van der Waals surface area contributed by atoms with Crippen molar-refractivity contribution in [1.82, 2.24) is 10.2 Å². The van der Waals surface area contributed by atoms with Gasteiger partial charge >= 0.3 is 0 Å². The first-order valence-corrected chi connectivity index (χ1v) is 9.46. The molecule has 0 bridgehead atoms. The van der Waals surface area contributed by atoms with Crippen LogP contribution in [0.4, 0.5) is 0 Å². The Hall–Kier alpha value is -2.93. The molecule has 0 aliphatic heterocycles. The van der Waals surface area contributed by atoms with Crippen molar-refractivity contribution in [2.75, 3.05) is 6.54 Å². The van der Waals surface area contributed by atoms with Gasteiger partial charge in [0.1, 0.15) is 5.75 Å². The number of nitrogens with two attached hydrogens (primary N) is 1. The summed E-state index contributed by atoms with van der Waals surface area (Å²) in [5.74, 6) is -0.300. The lowest BCUT2D eigenvalue weighted by molar-refractivity contribution is -0.118. The molecule has 0 saturated carbocycles. The highest BCUT2D eigenvalue weighted by Crippen LogP contribution is 2.19. The highest BCUT2D eigenvalue weighted by Gasteiger charge is 2.18. The predicted octanol–water partition coefficient (Wildman–Crippen LogP) is 2.87. The minimum atomic E-state index is -0.428. The van der Waals surface area contributed by atoms with Crippen LogP contribution >= 0.6 is 12.2 Å². The molecule has 2 rings (SSSR count). The average molecular weight is 400 g/mol. The van der Waals surface area contributed by atoms with E-state index in [0.29, 0.717) is 24.4 Å². The summed E-state index contributed by atoms with van der Waals surface area (Å²) in [4.78, 5) is 25.7. The lowest BCUT2D eigenvalue weighted by Crippen LogP contribution is -2.43. The van der Waals surface area contributed by atoms with E-state index in [9.17, 15) is 9.59 Å². The number of hydrogen-bond donors (Lipinski definition) is 2. The average Bonchev–Trinajstić information content (AvgIpc) is 2.65. The molecule has 148 valence electrons. The Morgan fingerprint density at radius 2 is 1.75 bits per heavy atom. The zero-order valence-corrected chi connectivity index (χ0v) is 16.9. The van der Waals surface area contributed by atoms with Crippen LogP contribution in [0.5, 0.6) is 5.75 Å². The van der Waals surface area contributed by atoms with Crippen LogP contribution in [0.15, 0.2) is 54.6 Å². The third-order valence-electron chi connectivity index (χ3n) is 3.85. The molecule has 0 heterocycles. The van der Waals surface area contributed by atoms with Crippen LogP contribution in [0.2, 0.25) is 0 Å². The second kappa shape index (κ2) is 10.4. The smallest absolute Gasteiger partial charge is 0.261 e. The Morgan fingerprint density at radius 1 is 1.11 bits per heavy atom. The fourth-order valence-corrected chi connectivity index (χ4v) is 2.80. The number of hydrogen-bond acceptors (Lipinski definition) is 4. The van der Waals surface area contributed by atoms with Crippen molar-refractivity contribution < 1.29 is 14.3 Å². The van der Waals surface area contributed by atoms with Gasteiger partial charge in [-0.2, -0.15) is 0 Å². The normalized spacial score (nSPS) is 10.4. The molecule has 0 saturated heterocycles. The highest BCUT2D eigenvalue weighted by molar-refractivity contribution is 7.80. The zero-order valence-electron chi connectivity index (χ0n) is 16.1. The van der Waals surface area contributed by atoms with E-state index >= 15 is 0 Å². The first kappa shape index (κ1) is 21.4. The van der Waals surface area contributed by atoms with Crippen molar-refractivity contribution in [3.8, 4) is 5.75 Å². The quantitative estimate of drug-likeness (QED) is 0.667. The summed E-state index contributed by atoms with van der Waals surface area (Å²) in [6.45, 7) is 4.56. The molecule has 0 fully saturated rings. The van der Waals surface area contributed by atoms with E-state index in [0.717, 1.165) is 5.56 Å². The van der Waals surface area contributed by atoms with Crippen LogP contribution in [0.1, 0.15) is 36.2 Å². The van der Waals surface area contributed by atoms with Gasteiger partial charge in [-0.15, -0.1) is 0 Å². The number of ether oxygens (including phenoxy) is 1. The van der Waals surface area contributed by atoms with Crippen LogP contribution in [-0.2, 0) is 11.3 Å². The molecule has 2 amide bonds. The van der Waals surface area contributed by atoms with E-state index in [4.69, 9.17) is 22.7 Å². The summed E-state index contributed by atoms with van der Waals surface area (Å²) in [7, 11) is 0. The molecule has 0 aliphatic carbocycles. The molecule has 28 heavy (non-hydrogen) atoms. The Morgan fingerprint density at radius 3 is 2.39 bits per heavy atom. The first-order valence-electron chi connectivity index (χ1n) is 9.05. The summed E-state index contributed by atoms with van der Waals surface area (Å²) in [5.41, 5.74) is 6.68. The second-order valence-corrected chi connectivity index (χ2v) is 6.93. The highest BCUT2D eigenvalue weighted by atomic mass is 32.1. The van der Waals surface area contributed by atoms with E-state index in [1.54, 1.807) is 29.2 Å². The maximum Gasteiger partial charge on any atom is 0.261 e. The van der Waals surface area contributed by atoms with Crippen LogP contribution in [0, 0.1) is 0 Å². The molecule has 2 aromatic carbocycles. The van der Waals surface area contributed by atoms with E-state index < -0.39 is 5.91 Å². The Labute approximate surface area is 170 Å². The van der Waals surface area contributed by atoms with Gasteiger partial charge in [0.05, 0.1) is 11.7 Å². The van der Waals surface area contributed by atoms with Crippen LogP contribution in [0.25, 0.3) is 0 Å². The molecular formula is C21H25N3O3S. The number of nitrogens with one attached hydrogen (secondary N) is 1. The molecular weight excluding hydrogens is 374 g/mol. The number of primary amides is 1. The summed E-state index contributed by atoms with van der Waals surface area (Å²) in [6, 6.07) is 16.7. The van der Waals surface area contributed by atoms with Gasteiger partial charge in [-0.3, -0.25) is 14.9 Å². The number of carbonyl (C=O) groups is 2. The van der Waals surface area contributed by atoms with Gasteiger partial charge in [0.25, 0.3) is 5.91 Å². The Bertz CT molecular complexity index is 825. The number of thiocarbonyl (C=S) groups is 1. The van der Waals surface area contributed by atoms with E-state index in [2.05, 4.69) is 5.32 Å². The maximum atomic E-state index is 12.8. The molecule has 2 aromatic rings. The van der Waals surface area contributed by atoms with Gasteiger partial charge in [-0.1, -0.05) is 42.5 Å². The Kier molecular flexibility index (Phi) is 7.95. The fraction of sp³-hybridized carbons (Fsp3) is 0.286. The van der Waals surface area contributed by atoms with Gasteiger partial charge in [0.2, 0.25) is 5.91 Å². The standard InChI is InChI=1S/C21H25N3O3S/c1-15(2)27-18-11-7-6-10-17(18)20(26)23-21(28)24(13-12-19(22)25)14-16-8-4-3-5-9-16/h3-11,15H,12-14H2,1-2H3,(H2,22,25)(H,23,26,28). The van der Waals surface area contributed by atoms with Crippen molar-refractivity contribution in [1.29, 1.82) is 0 Å². The molecule has 0 unspecified atom stereocenters. The van der Waals surface area contributed by atoms with Crippen molar-refractivity contribution in [2.45, 2.75) is 32.9 Å². The lowest BCUT2D eigenvalue weighted by atomic mass is 10.2. The minimum absolute atomic E-state index is 0.0638. The second-order valence-electron chi connectivity index (χ2n) is 6.55. The van der Waals surface area contributed by atoms with E-state index in [-0.39, 0.29) is 23.5 Å². The maximum absolute atomic E-state index is 12.8. The van der Waals surface area contributed by atoms with Gasteiger partial charge in [-0.05, 0) is 43.8 Å². The van der Waals surface area contributed by atoms with Gasteiger partial charge in [-0.25, -0.2) is 0 Å².